The number of thiophene rings is 1. The van der Waals surface area contributed by atoms with Crippen LogP contribution in [0.25, 0.3) is 0 Å². The highest BCUT2D eigenvalue weighted by Gasteiger charge is 2.20. The maximum Gasteiger partial charge on any atom is 0.349 e. The zero-order valence-corrected chi connectivity index (χ0v) is 12.9. The number of carbonyl (C=O) groups excluding carboxylic acids is 2. The van der Waals surface area contributed by atoms with Gasteiger partial charge in [-0.3, -0.25) is 4.79 Å². The van der Waals surface area contributed by atoms with E-state index in [2.05, 4.69) is 5.32 Å². The number of amides is 1. The van der Waals surface area contributed by atoms with E-state index in [-0.39, 0.29) is 0 Å². The summed E-state index contributed by atoms with van der Waals surface area (Å²) in [5.74, 6) is -0.969. The van der Waals surface area contributed by atoms with Gasteiger partial charge in [-0.2, -0.15) is 5.26 Å². The van der Waals surface area contributed by atoms with Crippen LogP contribution in [-0.4, -0.2) is 18.0 Å². The molecule has 0 radical (unpaired) electrons. The summed E-state index contributed by atoms with van der Waals surface area (Å²) in [6.45, 7) is 3.39. The van der Waals surface area contributed by atoms with Crippen LogP contribution in [0.2, 0.25) is 0 Å². The standard InChI is InChI=1S/C16H14N2O3S/c1-10-6-7-14(22-10)16(20)21-11(2)15(19)18-13-5-3-4-12(8-13)9-17/h3-8,11H,1-2H3,(H,18,19). The minimum Gasteiger partial charge on any atom is -0.448 e. The number of ether oxygens (including phenoxy) is 1. The molecule has 1 aromatic heterocycles. The lowest BCUT2D eigenvalue weighted by Gasteiger charge is -2.13. The molecule has 1 atom stereocenters. The molecule has 0 aliphatic rings. The normalized spacial score (nSPS) is 11.3. The van der Waals surface area contributed by atoms with Crippen molar-refractivity contribution in [1.82, 2.24) is 0 Å². The van der Waals surface area contributed by atoms with Crippen molar-refractivity contribution >= 4 is 28.9 Å². The molecule has 1 heterocycles. The average Bonchev–Trinajstić information content (AvgIpc) is 2.94. The fourth-order valence-electron chi connectivity index (χ4n) is 1.73. The van der Waals surface area contributed by atoms with Gasteiger partial charge in [0.15, 0.2) is 6.10 Å². The van der Waals surface area contributed by atoms with Gasteiger partial charge in [-0.1, -0.05) is 6.07 Å². The summed E-state index contributed by atoms with van der Waals surface area (Å²) in [6.07, 6.45) is -0.930. The average molecular weight is 314 g/mol. The third-order valence-electron chi connectivity index (χ3n) is 2.85. The van der Waals surface area contributed by atoms with Crippen LogP contribution in [0.15, 0.2) is 36.4 Å². The van der Waals surface area contributed by atoms with Gasteiger partial charge < -0.3 is 10.1 Å². The molecule has 0 aliphatic carbocycles. The van der Waals surface area contributed by atoms with Crippen molar-refractivity contribution in [2.45, 2.75) is 20.0 Å². The molecule has 0 bridgehead atoms. The number of carbonyl (C=O) groups is 2. The third kappa shape index (κ3) is 3.93. The molecule has 0 spiro atoms. The summed E-state index contributed by atoms with van der Waals surface area (Å²) in [6, 6.07) is 12.0. The van der Waals surface area contributed by atoms with Gasteiger partial charge in [-0.25, -0.2) is 4.79 Å². The Morgan fingerprint density at radius 3 is 2.73 bits per heavy atom. The summed E-state index contributed by atoms with van der Waals surface area (Å²) in [5, 5.41) is 11.4. The lowest BCUT2D eigenvalue weighted by Crippen LogP contribution is -2.29. The lowest BCUT2D eigenvalue weighted by atomic mass is 10.2. The van der Waals surface area contributed by atoms with Crippen molar-refractivity contribution in [2.75, 3.05) is 5.32 Å². The molecule has 2 rings (SSSR count). The molecule has 22 heavy (non-hydrogen) atoms. The number of rotatable bonds is 4. The molecule has 0 saturated carbocycles. The van der Waals surface area contributed by atoms with E-state index in [4.69, 9.17) is 10.00 Å². The Balaban J connectivity index is 1.97. The maximum absolute atomic E-state index is 12.0. The van der Waals surface area contributed by atoms with Crippen LogP contribution >= 0.6 is 11.3 Å². The highest BCUT2D eigenvalue weighted by atomic mass is 32.1. The second-order valence-electron chi connectivity index (χ2n) is 4.64. The van der Waals surface area contributed by atoms with Gasteiger partial charge in [0.2, 0.25) is 0 Å². The Kier molecular flexibility index (Phi) is 4.92. The van der Waals surface area contributed by atoms with Crippen molar-refractivity contribution in [1.29, 1.82) is 5.26 Å². The Hall–Kier alpha value is -2.65. The fourth-order valence-corrected chi connectivity index (χ4v) is 2.48. The molecule has 112 valence electrons. The van der Waals surface area contributed by atoms with E-state index in [9.17, 15) is 9.59 Å². The molecule has 1 amide bonds. The topological polar surface area (TPSA) is 79.2 Å². The monoisotopic (exact) mass is 314 g/mol. The Morgan fingerprint density at radius 2 is 2.09 bits per heavy atom. The summed E-state index contributed by atoms with van der Waals surface area (Å²) in [5.41, 5.74) is 0.926. The Morgan fingerprint density at radius 1 is 1.32 bits per heavy atom. The van der Waals surface area contributed by atoms with Gasteiger partial charge in [-0.15, -0.1) is 11.3 Å². The summed E-state index contributed by atoms with van der Waals surface area (Å²) >= 11 is 1.32. The van der Waals surface area contributed by atoms with Gasteiger partial charge in [-0.05, 0) is 44.2 Å². The van der Waals surface area contributed by atoms with Gasteiger partial charge in [0.25, 0.3) is 5.91 Å². The second kappa shape index (κ2) is 6.87. The highest BCUT2D eigenvalue weighted by Crippen LogP contribution is 2.17. The predicted molar refractivity (Wildman–Crippen MR) is 83.7 cm³/mol. The van der Waals surface area contributed by atoms with Crippen molar-refractivity contribution < 1.29 is 14.3 Å². The van der Waals surface area contributed by atoms with Crippen LogP contribution in [0.1, 0.15) is 27.0 Å². The summed E-state index contributed by atoms with van der Waals surface area (Å²) in [7, 11) is 0. The van der Waals surface area contributed by atoms with Crippen LogP contribution in [0.5, 0.6) is 0 Å². The highest BCUT2D eigenvalue weighted by molar-refractivity contribution is 7.13. The molecule has 2 aromatic rings. The molecule has 1 unspecified atom stereocenters. The zero-order chi connectivity index (χ0) is 16.1. The van der Waals surface area contributed by atoms with Crippen LogP contribution in [-0.2, 0) is 9.53 Å². The number of nitrogens with one attached hydrogen (secondary N) is 1. The van der Waals surface area contributed by atoms with Crippen LogP contribution in [0, 0.1) is 18.3 Å². The molecule has 6 heteroatoms. The van der Waals surface area contributed by atoms with Crippen molar-refractivity contribution in [3.05, 3.63) is 51.7 Å². The quantitative estimate of drug-likeness (QED) is 0.879. The molecule has 0 saturated heterocycles. The second-order valence-corrected chi connectivity index (χ2v) is 5.93. The molecule has 0 fully saturated rings. The number of nitrogens with zero attached hydrogens (tertiary/aromatic N) is 1. The largest absolute Gasteiger partial charge is 0.448 e. The van der Waals surface area contributed by atoms with Gasteiger partial charge in [0, 0.05) is 10.6 Å². The van der Waals surface area contributed by atoms with Crippen LogP contribution in [0.4, 0.5) is 5.69 Å². The van der Waals surface area contributed by atoms with E-state index >= 15 is 0 Å². The van der Waals surface area contributed by atoms with E-state index in [1.165, 1.54) is 18.3 Å². The molecule has 1 aromatic carbocycles. The minimum absolute atomic E-state index is 0.441. The molecule has 1 N–H and O–H groups in total. The van der Waals surface area contributed by atoms with Gasteiger partial charge in [0.1, 0.15) is 4.88 Å². The summed E-state index contributed by atoms with van der Waals surface area (Å²) in [4.78, 5) is 25.4. The third-order valence-corrected chi connectivity index (χ3v) is 3.83. The first kappa shape index (κ1) is 15.7. The summed E-state index contributed by atoms with van der Waals surface area (Å²) < 4.78 is 5.13. The molecular formula is C16H14N2O3S. The minimum atomic E-state index is -0.930. The number of esters is 1. The van der Waals surface area contributed by atoms with E-state index in [1.807, 2.05) is 19.1 Å². The van der Waals surface area contributed by atoms with E-state index in [0.717, 1.165) is 4.88 Å². The first-order valence-corrected chi connectivity index (χ1v) is 7.39. The molecular weight excluding hydrogens is 300 g/mol. The number of nitriles is 1. The number of anilines is 1. The smallest absolute Gasteiger partial charge is 0.349 e. The first-order chi connectivity index (χ1) is 10.5. The zero-order valence-electron chi connectivity index (χ0n) is 12.1. The number of hydrogen-bond donors (Lipinski definition) is 1. The van der Waals surface area contributed by atoms with E-state index in [0.29, 0.717) is 16.1 Å². The number of aryl methyl sites for hydroxylation is 1. The van der Waals surface area contributed by atoms with E-state index < -0.39 is 18.0 Å². The lowest BCUT2D eigenvalue weighted by molar-refractivity contribution is -0.123. The van der Waals surface area contributed by atoms with Crippen LogP contribution in [0.3, 0.4) is 0 Å². The first-order valence-electron chi connectivity index (χ1n) is 6.58. The number of benzene rings is 1. The fraction of sp³-hybridized carbons (Fsp3) is 0.188. The number of hydrogen-bond acceptors (Lipinski definition) is 5. The Bertz CT molecular complexity index is 746. The Labute approximate surface area is 132 Å². The SMILES string of the molecule is Cc1ccc(C(=O)OC(C)C(=O)Nc2cccc(C#N)c2)s1. The van der Waals surface area contributed by atoms with Gasteiger partial charge in [0.05, 0.1) is 11.6 Å². The van der Waals surface area contributed by atoms with Crippen LogP contribution < -0.4 is 5.32 Å². The molecule has 5 nitrogen and oxygen atoms in total. The van der Waals surface area contributed by atoms with E-state index in [1.54, 1.807) is 30.3 Å². The predicted octanol–water partition coefficient (Wildman–Crippen LogP) is 3.11. The maximum atomic E-state index is 12.0. The van der Waals surface area contributed by atoms with Crippen molar-refractivity contribution in [3.8, 4) is 6.07 Å². The van der Waals surface area contributed by atoms with Gasteiger partial charge >= 0.3 is 5.97 Å². The molecule has 0 aliphatic heterocycles. The van der Waals surface area contributed by atoms with Crippen molar-refractivity contribution in [3.63, 3.8) is 0 Å². The van der Waals surface area contributed by atoms with Crippen molar-refractivity contribution in [2.24, 2.45) is 0 Å².